The van der Waals surface area contributed by atoms with E-state index in [4.69, 9.17) is 5.73 Å². The zero-order chi connectivity index (χ0) is 15.4. The van der Waals surface area contributed by atoms with Gasteiger partial charge in [0.25, 0.3) is 0 Å². The highest BCUT2D eigenvalue weighted by molar-refractivity contribution is 5.88. The second-order valence-electron chi connectivity index (χ2n) is 6.74. The molecule has 0 aromatic heterocycles. The van der Waals surface area contributed by atoms with E-state index in [0.717, 1.165) is 51.6 Å². The summed E-state index contributed by atoms with van der Waals surface area (Å²) in [5, 5.41) is 2.90. The molecule has 1 saturated heterocycles. The van der Waals surface area contributed by atoms with Crippen molar-refractivity contribution in [3.8, 4) is 0 Å². The monoisotopic (exact) mass is 295 g/mol. The summed E-state index contributed by atoms with van der Waals surface area (Å²) in [5.41, 5.74) is 6.00. The fourth-order valence-electron chi connectivity index (χ4n) is 3.55. The Hall–Kier alpha value is -1.10. The van der Waals surface area contributed by atoms with Crippen LogP contribution in [0.15, 0.2) is 0 Å². The highest BCUT2D eigenvalue weighted by Gasteiger charge is 2.31. The molecule has 0 aromatic rings. The van der Waals surface area contributed by atoms with E-state index in [2.05, 4.69) is 5.32 Å². The Morgan fingerprint density at radius 3 is 2.43 bits per heavy atom. The summed E-state index contributed by atoms with van der Waals surface area (Å²) in [6.45, 7) is 5.40. The number of nitrogens with one attached hydrogen (secondary N) is 1. The van der Waals surface area contributed by atoms with Crippen LogP contribution in [0.5, 0.6) is 0 Å². The standard InChI is InChI=1S/C16H29N3O2/c1-11(13-6-5-7-14(17)10-13)15(20)18-12(2)16(21)19-8-3-4-9-19/h11-14H,3-10,17H2,1-2H3,(H,18,20). The molecular formula is C16H29N3O2. The lowest BCUT2D eigenvalue weighted by molar-refractivity contribution is -0.136. The normalized spacial score (nSPS) is 29.0. The van der Waals surface area contributed by atoms with Crippen LogP contribution in [0.4, 0.5) is 0 Å². The average molecular weight is 295 g/mol. The van der Waals surface area contributed by atoms with Crippen molar-refractivity contribution in [1.82, 2.24) is 10.2 Å². The van der Waals surface area contributed by atoms with Gasteiger partial charge in [-0.15, -0.1) is 0 Å². The minimum absolute atomic E-state index is 0.00542. The number of amides is 2. The minimum atomic E-state index is -0.421. The highest BCUT2D eigenvalue weighted by Crippen LogP contribution is 2.29. The molecule has 120 valence electrons. The molecule has 2 aliphatic rings. The van der Waals surface area contributed by atoms with E-state index >= 15 is 0 Å². The summed E-state index contributed by atoms with van der Waals surface area (Å²) in [4.78, 5) is 26.4. The maximum Gasteiger partial charge on any atom is 0.244 e. The average Bonchev–Trinajstić information content (AvgIpc) is 2.99. The lowest BCUT2D eigenvalue weighted by Crippen LogP contribution is -2.48. The molecule has 0 bridgehead atoms. The van der Waals surface area contributed by atoms with E-state index < -0.39 is 6.04 Å². The summed E-state index contributed by atoms with van der Waals surface area (Å²) in [5.74, 6) is 0.329. The lowest BCUT2D eigenvalue weighted by atomic mass is 9.78. The first-order valence-electron chi connectivity index (χ1n) is 8.33. The van der Waals surface area contributed by atoms with Gasteiger partial charge in [-0.05, 0) is 44.9 Å². The number of carbonyl (C=O) groups excluding carboxylic acids is 2. The van der Waals surface area contributed by atoms with Crippen LogP contribution in [-0.4, -0.2) is 41.9 Å². The topological polar surface area (TPSA) is 75.4 Å². The second-order valence-corrected chi connectivity index (χ2v) is 6.74. The van der Waals surface area contributed by atoms with Gasteiger partial charge in [0.1, 0.15) is 6.04 Å². The van der Waals surface area contributed by atoms with Crippen molar-refractivity contribution in [1.29, 1.82) is 0 Å². The predicted octanol–water partition coefficient (Wildman–Crippen LogP) is 1.27. The Morgan fingerprint density at radius 1 is 1.14 bits per heavy atom. The fourth-order valence-corrected chi connectivity index (χ4v) is 3.55. The molecule has 1 saturated carbocycles. The van der Waals surface area contributed by atoms with Crippen LogP contribution in [0.25, 0.3) is 0 Å². The van der Waals surface area contributed by atoms with E-state index in [1.54, 1.807) is 6.92 Å². The van der Waals surface area contributed by atoms with Crippen LogP contribution >= 0.6 is 0 Å². The van der Waals surface area contributed by atoms with Crippen molar-refractivity contribution in [3.05, 3.63) is 0 Å². The molecule has 0 aromatic carbocycles. The molecule has 1 aliphatic carbocycles. The quantitative estimate of drug-likeness (QED) is 0.820. The maximum atomic E-state index is 12.4. The van der Waals surface area contributed by atoms with Crippen molar-refractivity contribution in [2.75, 3.05) is 13.1 Å². The summed E-state index contributed by atoms with van der Waals surface area (Å²) < 4.78 is 0. The third kappa shape index (κ3) is 4.19. The molecule has 0 radical (unpaired) electrons. The minimum Gasteiger partial charge on any atom is -0.344 e. The van der Waals surface area contributed by atoms with Gasteiger partial charge in [0.15, 0.2) is 0 Å². The van der Waals surface area contributed by atoms with Gasteiger partial charge in [0, 0.05) is 25.0 Å². The molecule has 5 heteroatoms. The number of nitrogens with two attached hydrogens (primary N) is 1. The number of carbonyl (C=O) groups is 2. The van der Waals surface area contributed by atoms with Crippen molar-refractivity contribution in [2.45, 2.75) is 64.5 Å². The molecule has 4 unspecified atom stereocenters. The van der Waals surface area contributed by atoms with Gasteiger partial charge in [-0.1, -0.05) is 13.3 Å². The molecular weight excluding hydrogens is 266 g/mol. The zero-order valence-electron chi connectivity index (χ0n) is 13.3. The van der Waals surface area contributed by atoms with E-state index in [9.17, 15) is 9.59 Å². The Morgan fingerprint density at radius 2 is 1.81 bits per heavy atom. The molecule has 3 N–H and O–H groups in total. The second kappa shape index (κ2) is 7.25. The smallest absolute Gasteiger partial charge is 0.244 e. The number of nitrogens with zero attached hydrogens (tertiary/aromatic N) is 1. The maximum absolute atomic E-state index is 12.4. The molecule has 2 fully saturated rings. The van der Waals surface area contributed by atoms with Gasteiger partial charge < -0.3 is 16.0 Å². The molecule has 0 spiro atoms. The van der Waals surface area contributed by atoms with Crippen LogP contribution in [0.1, 0.15) is 52.4 Å². The first kappa shape index (κ1) is 16.3. The van der Waals surface area contributed by atoms with Crippen molar-refractivity contribution >= 4 is 11.8 Å². The molecule has 21 heavy (non-hydrogen) atoms. The Bertz CT molecular complexity index is 380. The van der Waals surface area contributed by atoms with Crippen LogP contribution in [0.2, 0.25) is 0 Å². The summed E-state index contributed by atoms with van der Waals surface area (Å²) in [6.07, 6.45) is 6.30. The summed E-state index contributed by atoms with van der Waals surface area (Å²) in [6, 6.07) is -0.196. The van der Waals surface area contributed by atoms with Crippen LogP contribution in [-0.2, 0) is 9.59 Å². The van der Waals surface area contributed by atoms with Crippen molar-refractivity contribution in [2.24, 2.45) is 17.6 Å². The molecule has 1 aliphatic heterocycles. The highest BCUT2D eigenvalue weighted by atomic mass is 16.2. The van der Waals surface area contributed by atoms with Crippen molar-refractivity contribution in [3.63, 3.8) is 0 Å². The first-order valence-corrected chi connectivity index (χ1v) is 8.33. The van der Waals surface area contributed by atoms with Crippen LogP contribution in [0.3, 0.4) is 0 Å². The zero-order valence-corrected chi connectivity index (χ0v) is 13.3. The predicted molar refractivity (Wildman–Crippen MR) is 82.5 cm³/mol. The van der Waals surface area contributed by atoms with E-state index in [-0.39, 0.29) is 23.8 Å². The molecule has 2 amide bonds. The Kier molecular flexibility index (Phi) is 5.62. The van der Waals surface area contributed by atoms with E-state index in [0.29, 0.717) is 5.92 Å². The largest absolute Gasteiger partial charge is 0.344 e. The van der Waals surface area contributed by atoms with E-state index in [1.165, 1.54) is 0 Å². The van der Waals surface area contributed by atoms with Crippen LogP contribution < -0.4 is 11.1 Å². The van der Waals surface area contributed by atoms with E-state index in [1.807, 2.05) is 11.8 Å². The fraction of sp³-hybridized carbons (Fsp3) is 0.875. The number of likely N-dealkylation sites (tertiary alicyclic amines) is 1. The Labute approximate surface area is 127 Å². The SMILES string of the molecule is CC(NC(=O)C(C)C1CCCC(N)C1)C(=O)N1CCCC1. The molecule has 1 heterocycles. The summed E-state index contributed by atoms with van der Waals surface area (Å²) in [7, 11) is 0. The van der Waals surface area contributed by atoms with Gasteiger partial charge >= 0.3 is 0 Å². The van der Waals surface area contributed by atoms with Gasteiger partial charge in [0.2, 0.25) is 11.8 Å². The van der Waals surface area contributed by atoms with Gasteiger partial charge in [-0.25, -0.2) is 0 Å². The third-order valence-corrected chi connectivity index (χ3v) is 5.02. The molecule has 5 nitrogen and oxygen atoms in total. The van der Waals surface area contributed by atoms with Gasteiger partial charge in [-0.3, -0.25) is 9.59 Å². The Balaban J connectivity index is 1.83. The first-order chi connectivity index (χ1) is 9.99. The summed E-state index contributed by atoms with van der Waals surface area (Å²) >= 11 is 0. The number of hydrogen-bond acceptors (Lipinski definition) is 3. The van der Waals surface area contributed by atoms with Crippen molar-refractivity contribution < 1.29 is 9.59 Å². The molecule has 4 atom stereocenters. The van der Waals surface area contributed by atoms with Crippen LogP contribution in [0, 0.1) is 11.8 Å². The lowest BCUT2D eigenvalue weighted by Gasteiger charge is -2.31. The molecule has 2 rings (SSSR count). The van der Waals surface area contributed by atoms with Gasteiger partial charge in [0.05, 0.1) is 0 Å². The van der Waals surface area contributed by atoms with Gasteiger partial charge in [-0.2, -0.15) is 0 Å². The number of hydrogen-bond donors (Lipinski definition) is 2. The third-order valence-electron chi connectivity index (χ3n) is 5.02. The number of rotatable bonds is 4.